The topological polar surface area (TPSA) is 0 Å². The standard InChI is InChI=1S/C26H23ClF2/c1-16-3-6-19(7-4-16)22-14-12-21(15-24(22)28)18-8-10-20(11-9-18)23-13-5-17(2)26(29)25(23)27/h3-7,10,12-15,18H,8-9,11H2,1-2H3. The highest BCUT2D eigenvalue weighted by Gasteiger charge is 2.21. The third-order valence-electron chi connectivity index (χ3n) is 5.86. The third kappa shape index (κ3) is 4.00. The molecule has 0 spiro atoms. The maximum atomic E-state index is 14.8. The van der Waals surface area contributed by atoms with E-state index in [9.17, 15) is 8.78 Å². The number of hydrogen-bond donors (Lipinski definition) is 0. The van der Waals surface area contributed by atoms with E-state index in [0.717, 1.165) is 47.1 Å². The number of rotatable bonds is 3. The van der Waals surface area contributed by atoms with Crippen LogP contribution in [0.25, 0.3) is 16.7 Å². The van der Waals surface area contributed by atoms with Gasteiger partial charge in [0.15, 0.2) is 0 Å². The highest BCUT2D eigenvalue weighted by Crippen LogP contribution is 2.39. The molecule has 148 valence electrons. The van der Waals surface area contributed by atoms with Crippen molar-refractivity contribution in [1.29, 1.82) is 0 Å². The molecule has 1 atom stereocenters. The third-order valence-corrected chi connectivity index (χ3v) is 6.23. The molecule has 29 heavy (non-hydrogen) atoms. The van der Waals surface area contributed by atoms with Gasteiger partial charge in [0.05, 0.1) is 5.02 Å². The SMILES string of the molecule is Cc1ccc(-c2ccc(C3CC=C(c4ccc(C)c(F)c4Cl)CC3)cc2F)cc1. The molecule has 0 saturated carbocycles. The van der Waals surface area contributed by atoms with E-state index in [1.54, 1.807) is 19.1 Å². The van der Waals surface area contributed by atoms with E-state index < -0.39 is 0 Å². The van der Waals surface area contributed by atoms with Crippen LogP contribution in [-0.4, -0.2) is 0 Å². The molecule has 1 unspecified atom stereocenters. The van der Waals surface area contributed by atoms with Gasteiger partial charge in [0.25, 0.3) is 0 Å². The van der Waals surface area contributed by atoms with Crippen molar-refractivity contribution in [3.63, 3.8) is 0 Å². The molecule has 0 radical (unpaired) electrons. The summed E-state index contributed by atoms with van der Waals surface area (Å²) in [5.74, 6) is -0.278. The Bertz CT molecular complexity index is 1080. The van der Waals surface area contributed by atoms with Crippen molar-refractivity contribution >= 4 is 17.2 Å². The molecule has 4 rings (SSSR count). The number of aryl methyl sites for hydroxylation is 2. The number of hydrogen-bond acceptors (Lipinski definition) is 0. The quantitative estimate of drug-likeness (QED) is 0.409. The Morgan fingerprint density at radius 1 is 0.897 bits per heavy atom. The van der Waals surface area contributed by atoms with E-state index in [1.165, 1.54) is 0 Å². The first-order valence-electron chi connectivity index (χ1n) is 9.94. The van der Waals surface area contributed by atoms with Crippen molar-refractivity contribution in [2.24, 2.45) is 0 Å². The van der Waals surface area contributed by atoms with Gasteiger partial charge in [-0.15, -0.1) is 0 Å². The molecule has 0 aliphatic heterocycles. The first-order valence-corrected chi connectivity index (χ1v) is 10.3. The number of halogens is 3. The summed E-state index contributed by atoms with van der Waals surface area (Å²) in [6, 6.07) is 17.1. The lowest BCUT2D eigenvalue weighted by atomic mass is 9.82. The maximum absolute atomic E-state index is 14.8. The van der Waals surface area contributed by atoms with Crippen molar-refractivity contribution in [2.75, 3.05) is 0 Å². The lowest BCUT2D eigenvalue weighted by Gasteiger charge is -2.23. The molecule has 0 bridgehead atoms. The largest absolute Gasteiger partial charge is 0.206 e. The van der Waals surface area contributed by atoms with Crippen molar-refractivity contribution in [3.05, 3.63) is 99.6 Å². The van der Waals surface area contributed by atoms with E-state index in [-0.39, 0.29) is 22.6 Å². The van der Waals surface area contributed by atoms with Crippen molar-refractivity contribution in [1.82, 2.24) is 0 Å². The van der Waals surface area contributed by atoms with Crippen LogP contribution in [0.15, 0.2) is 60.7 Å². The van der Waals surface area contributed by atoms with Crippen LogP contribution < -0.4 is 0 Å². The van der Waals surface area contributed by atoms with Gasteiger partial charge in [-0.05, 0) is 72.9 Å². The van der Waals surface area contributed by atoms with Crippen molar-refractivity contribution in [2.45, 2.75) is 39.0 Å². The van der Waals surface area contributed by atoms with Crippen LogP contribution in [0.3, 0.4) is 0 Å². The van der Waals surface area contributed by atoms with Gasteiger partial charge in [0.2, 0.25) is 0 Å². The number of benzene rings is 3. The second kappa shape index (κ2) is 8.12. The second-order valence-electron chi connectivity index (χ2n) is 7.86. The molecular weight excluding hydrogens is 386 g/mol. The fraction of sp³-hybridized carbons (Fsp3) is 0.231. The minimum absolute atomic E-state index is 0.190. The summed E-state index contributed by atoms with van der Waals surface area (Å²) in [4.78, 5) is 0. The highest BCUT2D eigenvalue weighted by atomic mass is 35.5. The first-order chi connectivity index (χ1) is 13.9. The first kappa shape index (κ1) is 19.8. The molecule has 0 aromatic heterocycles. The summed E-state index contributed by atoms with van der Waals surface area (Å²) in [6.45, 7) is 3.73. The average molecular weight is 409 g/mol. The van der Waals surface area contributed by atoms with Crippen LogP contribution in [0.5, 0.6) is 0 Å². The summed E-state index contributed by atoms with van der Waals surface area (Å²) in [5, 5.41) is 0.197. The minimum Gasteiger partial charge on any atom is -0.206 e. The monoisotopic (exact) mass is 408 g/mol. The molecule has 0 fully saturated rings. The molecule has 3 heteroatoms. The molecule has 0 N–H and O–H groups in total. The summed E-state index contributed by atoms with van der Waals surface area (Å²) >= 11 is 6.23. The molecule has 3 aromatic carbocycles. The van der Waals surface area contributed by atoms with Crippen molar-refractivity contribution in [3.8, 4) is 11.1 Å². The minimum atomic E-state index is -0.346. The zero-order valence-electron chi connectivity index (χ0n) is 16.6. The van der Waals surface area contributed by atoms with Gasteiger partial charge < -0.3 is 0 Å². The smallest absolute Gasteiger partial charge is 0.145 e. The zero-order valence-corrected chi connectivity index (χ0v) is 17.4. The second-order valence-corrected chi connectivity index (χ2v) is 8.24. The fourth-order valence-electron chi connectivity index (χ4n) is 4.03. The molecule has 0 nitrogen and oxygen atoms in total. The molecule has 1 aliphatic rings. The van der Waals surface area contributed by atoms with Gasteiger partial charge in [0.1, 0.15) is 11.6 Å². The van der Waals surface area contributed by atoms with Gasteiger partial charge in [-0.25, -0.2) is 8.78 Å². The van der Waals surface area contributed by atoms with Crippen LogP contribution in [0, 0.1) is 25.5 Å². The van der Waals surface area contributed by atoms with E-state index in [1.807, 2.05) is 49.4 Å². The molecule has 0 amide bonds. The summed E-state index contributed by atoms with van der Waals surface area (Å²) < 4.78 is 28.9. The number of allylic oxidation sites excluding steroid dienone is 2. The summed E-state index contributed by atoms with van der Waals surface area (Å²) in [7, 11) is 0. The Morgan fingerprint density at radius 2 is 1.62 bits per heavy atom. The van der Waals surface area contributed by atoms with Gasteiger partial charge in [0, 0.05) is 5.56 Å². The molecule has 3 aromatic rings. The Morgan fingerprint density at radius 3 is 2.28 bits per heavy atom. The molecule has 0 saturated heterocycles. The lowest BCUT2D eigenvalue weighted by molar-refractivity contribution is 0.600. The van der Waals surface area contributed by atoms with Gasteiger partial charge in [-0.1, -0.05) is 71.8 Å². The van der Waals surface area contributed by atoms with Gasteiger partial charge >= 0.3 is 0 Å². The predicted molar refractivity (Wildman–Crippen MR) is 117 cm³/mol. The highest BCUT2D eigenvalue weighted by molar-refractivity contribution is 6.32. The van der Waals surface area contributed by atoms with Gasteiger partial charge in [-0.3, -0.25) is 0 Å². The Kier molecular flexibility index (Phi) is 5.56. The van der Waals surface area contributed by atoms with Crippen LogP contribution in [0.1, 0.15) is 47.4 Å². The molecule has 1 aliphatic carbocycles. The van der Waals surface area contributed by atoms with Crippen LogP contribution in [0.4, 0.5) is 8.78 Å². The Hall–Kier alpha value is -2.45. The van der Waals surface area contributed by atoms with E-state index >= 15 is 0 Å². The summed E-state index contributed by atoms with van der Waals surface area (Å²) in [5.41, 5.74) is 6.08. The lowest BCUT2D eigenvalue weighted by Crippen LogP contribution is -2.05. The summed E-state index contributed by atoms with van der Waals surface area (Å²) in [6.07, 6.45) is 4.61. The predicted octanol–water partition coefficient (Wildman–Crippen LogP) is 8.25. The van der Waals surface area contributed by atoms with E-state index in [4.69, 9.17) is 11.6 Å². The van der Waals surface area contributed by atoms with Gasteiger partial charge in [-0.2, -0.15) is 0 Å². The average Bonchev–Trinajstić information content (AvgIpc) is 2.73. The van der Waals surface area contributed by atoms with Crippen LogP contribution >= 0.6 is 11.6 Å². The van der Waals surface area contributed by atoms with E-state index in [0.29, 0.717) is 11.1 Å². The van der Waals surface area contributed by atoms with Crippen LogP contribution in [-0.2, 0) is 0 Å². The van der Waals surface area contributed by atoms with Crippen LogP contribution in [0.2, 0.25) is 5.02 Å². The fourth-order valence-corrected chi connectivity index (χ4v) is 4.36. The normalized spacial score (nSPS) is 16.6. The Labute approximate surface area is 175 Å². The molecular formula is C26H23ClF2. The zero-order chi connectivity index (χ0) is 20.5. The maximum Gasteiger partial charge on any atom is 0.145 e. The Balaban J connectivity index is 1.55. The molecule has 0 heterocycles. The van der Waals surface area contributed by atoms with E-state index in [2.05, 4.69) is 6.08 Å². The van der Waals surface area contributed by atoms with Crippen molar-refractivity contribution < 1.29 is 8.78 Å².